The summed E-state index contributed by atoms with van der Waals surface area (Å²) < 4.78 is 1.49. The van der Waals surface area contributed by atoms with Gasteiger partial charge < -0.3 is 16.0 Å². The van der Waals surface area contributed by atoms with Crippen LogP contribution in [0.25, 0.3) is 21.5 Å². The molecule has 8 rings (SSSR count). The number of nitrogens with zero attached hydrogens (tertiary/aromatic N) is 2. The molecule has 4 aliphatic rings. The third-order valence-corrected chi connectivity index (χ3v) is 15.2. The Balaban J connectivity index is 1.18. The summed E-state index contributed by atoms with van der Waals surface area (Å²) in [7, 11) is 2.94. The Labute approximate surface area is 349 Å². The number of carbonyl (C=O) groups excluding carboxylic acids is 3. The van der Waals surface area contributed by atoms with Crippen molar-refractivity contribution in [3.05, 3.63) is 120 Å². The summed E-state index contributed by atoms with van der Waals surface area (Å²) in [5, 5.41) is 7.87. The minimum absolute atomic E-state index is 0.0378. The predicted molar refractivity (Wildman–Crippen MR) is 241 cm³/mol. The highest BCUT2D eigenvalue weighted by atomic mass is 33.2. The summed E-state index contributed by atoms with van der Waals surface area (Å²) in [5.74, 6) is -0.344. The van der Waals surface area contributed by atoms with Crippen molar-refractivity contribution < 1.29 is 19.0 Å². The molecule has 0 aliphatic carbocycles. The first kappa shape index (κ1) is 40.1. The lowest BCUT2D eigenvalue weighted by atomic mass is 9.79. The fourth-order valence-electron chi connectivity index (χ4n) is 9.18. The number of hydrogen-bond donors (Lipinski definition) is 4. The van der Waals surface area contributed by atoms with Gasteiger partial charge in [-0.2, -0.15) is 4.58 Å². The van der Waals surface area contributed by atoms with Crippen LogP contribution in [-0.2, 0) is 25.2 Å². The first-order valence-electron chi connectivity index (χ1n) is 20.4. The summed E-state index contributed by atoms with van der Waals surface area (Å²) in [6.07, 6.45) is 13.1. The predicted octanol–water partition coefficient (Wildman–Crippen LogP) is 7.85. The fourth-order valence-corrected chi connectivity index (χ4v) is 11.1. The maximum absolute atomic E-state index is 14.1. The number of benzene rings is 4. The van der Waals surface area contributed by atoms with Crippen molar-refractivity contribution in [3.8, 4) is 0 Å². The Morgan fingerprint density at radius 1 is 0.793 bits per heavy atom. The first-order valence-corrected chi connectivity index (χ1v) is 22.6. The van der Waals surface area contributed by atoms with E-state index in [1.54, 1.807) is 0 Å². The molecule has 0 bridgehead atoms. The number of carbonyl (C=O) groups is 3. The Bertz CT molecular complexity index is 2430. The molecule has 4 aromatic carbocycles. The van der Waals surface area contributed by atoms with Gasteiger partial charge in [0, 0.05) is 47.5 Å². The van der Waals surface area contributed by atoms with E-state index in [9.17, 15) is 14.4 Å². The van der Waals surface area contributed by atoms with Crippen LogP contribution in [-0.4, -0.2) is 64.2 Å². The van der Waals surface area contributed by atoms with E-state index < -0.39 is 10.1 Å². The molecule has 1 saturated heterocycles. The van der Waals surface area contributed by atoms with Gasteiger partial charge in [-0.25, -0.2) is 5.43 Å². The molecule has 58 heavy (non-hydrogen) atoms. The summed E-state index contributed by atoms with van der Waals surface area (Å²) >= 11 is 0. The number of nitrogens with one attached hydrogen (secondary N) is 3. The number of amides is 2. The second-order valence-corrected chi connectivity index (χ2v) is 19.7. The molecule has 11 heteroatoms. The topological polar surface area (TPSA) is 120 Å². The van der Waals surface area contributed by atoms with Crippen molar-refractivity contribution in [2.24, 2.45) is 5.73 Å². The minimum Gasteiger partial charge on any atom is -0.353 e. The van der Waals surface area contributed by atoms with Crippen molar-refractivity contribution in [1.82, 2.24) is 16.2 Å². The normalized spacial score (nSPS) is 23.7. The van der Waals surface area contributed by atoms with Gasteiger partial charge in [0.05, 0.1) is 24.4 Å². The molecule has 4 aliphatic heterocycles. The van der Waals surface area contributed by atoms with Crippen molar-refractivity contribution in [1.29, 1.82) is 0 Å². The number of rotatable bonds is 4. The summed E-state index contributed by atoms with van der Waals surface area (Å²) in [4.78, 5) is 43.5. The molecule has 0 saturated carbocycles. The number of allylic oxidation sites excluding steroid dienone is 6. The molecular formula is C47H53N6O3S2+. The van der Waals surface area contributed by atoms with Crippen LogP contribution in [0.4, 0.5) is 11.4 Å². The number of fused-ring (bicyclic) bond motifs is 9. The number of nitrogens with two attached hydrogens (primary N) is 1. The standard InChI is InChI=1S/C47H52N6O3S2/c1-45(2)38-19-6-5-7-20-39-46(3,4)43-34-17-11-9-15-32(34)22-24-37(43)53(39)29-26-41(55)51-50-35(18-12-13-27-48)44(56)47(57-58-47)30-49-40(54)25-28-52(38)36-23-21-31-14-8-10-16-33(31)42(36)45/h5-11,14-17,19-24,35,50H,12-13,18,25-30,48H2,1-4H3,(H-,49,51,54,55)/p+1/t35-/m0/s1. The number of unbranched alkanes of at least 4 members (excludes halogenated alkanes) is 1. The number of ketones is 1. The molecule has 4 aromatic rings. The molecule has 4 heterocycles. The van der Waals surface area contributed by atoms with Crippen LogP contribution < -0.4 is 26.8 Å². The summed E-state index contributed by atoms with van der Waals surface area (Å²) in [6.45, 7) is 10.7. The van der Waals surface area contributed by atoms with E-state index in [1.165, 1.54) is 54.3 Å². The van der Waals surface area contributed by atoms with Crippen molar-refractivity contribution in [2.75, 3.05) is 31.1 Å². The van der Waals surface area contributed by atoms with E-state index >= 15 is 0 Å². The van der Waals surface area contributed by atoms with Gasteiger partial charge in [0.1, 0.15) is 0 Å². The molecule has 0 radical (unpaired) electrons. The number of hydrogen-bond acceptors (Lipinski definition) is 8. The highest BCUT2D eigenvalue weighted by Crippen LogP contribution is 2.65. The van der Waals surface area contributed by atoms with Gasteiger partial charge >= 0.3 is 0 Å². The maximum Gasteiger partial charge on any atom is 0.235 e. The van der Waals surface area contributed by atoms with Crippen LogP contribution in [0.3, 0.4) is 0 Å². The second kappa shape index (κ2) is 16.2. The number of anilines is 1. The first-order chi connectivity index (χ1) is 28.0. The highest BCUT2D eigenvalue weighted by molar-refractivity contribution is 8.94. The number of hydrazine groups is 1. The highest BCUT2D eigenvalue weighted by Gasteiger charge is 2.55. The minimum atomic E-state index is -0.807. The van der Waals surface area contributed by atoms with E-state index in [1.807, 2.05) is 0 Å². The molecule has 1 atom stereocenters. The largest absolute Gasteiger partial charge is 0.353 e. The molecule has 0 unspecified atom stereocenters. The lowest BCUT2D eigenvalue weighted by molar-refractivity contribution is -0.436. The van der Waals surface area contributed by atoms with Crippen molar-refractivity contribution in [3.63, 3.8) is 0 Å². The second-order valence-electron chi connectivity index (χ2n) is 16.7. The zero-order chi connectivity index (χ0) is 40.7. The van der Waals surface area contributed by atoms with E-state index in [2.05, 4.69) is 157 Å². The van der Waals surface area contributed by atoms with Crippen molar-refractivity contribution >= 4 is 77.8 Å². The maximum atomic E-state index is 14.1. The molecule has 1 fully saturated rings. The third-order valence-electron chi connectivity index (χ3n) is 12.2. The van der Waals surface area contributed by atoms with Crippen LogP contribution in [0.5, 0.6) is 0 Å². The molecule has 9 nitrogen and oxygen atoms in total. The van der Waals surface area contributed by atoms with Gasteiger partial charge in [0.25, 0.3) is 0 Å². The van der Waals surface area contributed by atoms with Gasteiger partial charge in [0.15, 0.2) is 22.1 Å². The quantitative estimate of drug-likeness (QED) is 0.0713. The van der Waals surface area contributed by atoms with E-state index in [-0.39, 0.29) is 47.8 Å². The monoisotopic (exact) mass is 813 g/mol. The number of Topliss-reactive ketones (excluding diaryl/α,β-unsaturated/α-hetero) is 1. The zero-order valence-electron chi connectivity index (χ0n) is 33.8. The molecule has 2 amide bonds. The van der Waals surface area contributed by atoms with Gasteiger partial charge in [0.2, 0.25) is 17.5 Å². The molecule has 5 N–H and O–H groups in total. The van der Waals surface area contributed by atoms with Gasteiger partial charge in [-0.05, 0) is 78.6 Å². The lowest BCUT2D eigenvalue weighted by Gasteiger charge is -2.27. The average molecular weight is 814 g/mol. The van der Waals surface area contributed by atoms with Crippen molar-refractivity contribution in [2.45, 2.75) is 80.7 Å². The molecule has 0 aromatic heterocycles. The van der Waals surface area contributed by atoms with E-state index in [4.69, 9.17) is 5.73 Å². The van der Waals surface area contributed by atoms with Gasteiger partial charge in [-0.1, -0.05) is 115 Å². The Hall–Kier alpha value is -4.68. The van der Waals surface area contributed by atoms with Gasteiger partial charge in [-0.3, -0.25) is 19.8 Å². The van der Waals surface area contributed by atoms with Crippen LogP contribution >= 0.6 is 21.6 Å². The Morgan fingerprint density at radius 2 is 1.50 bits per heavy atom. The summed E-state index contributed by atoms with van der Waals surface area (Å²) in [6, 6.07) is 25.1. The van der Waals surface area contributed by atoms with Crippen LogP contribution in [0.15, 0.2) is 109 Å². The van der Waals surface area contributed by atoms with Gasteiger partial charge in [-0.15, -0.1) is 0 Å². The molecule has 300 valence electrons. The van der Waals surface area contributed by atoms with E-state index in [0.29, 0.717) is 26.1 Å². The molecule has 1 spiro atoms. The van der Waals surface area contributed by atoms with Crippen LogP contribution in [0.2, 0.25) is 0 Å². The fraction of sp³-hybridized carbons (Fsp3) is 0.362. The Kier molecular flexibility index (Phi) is 11.2. The smallest absolute Gasteiger partial charge is 0.235 e. The summed E-state index contributed by atoms with van der Waals surface area (Å²) in [5.41, 5.74) is 18.0. The van der Waals surface area contributed by atoms with E-state index in [0.717, 1.165) is 35.6 Å². The van der Waals surface area contributed by atoms with Crippen LogP contribution in [0, 0.1) is 0 Å². The van der Waals surface area contributed by atoms with Crippen LogP contribution in [0.1, 0.15) is 70.9 Å². The third kappa shape index (κ3) is 7.42. The SMILES string of the molecule is CC1(C)C2=[N+](CCC(=O)NCC3(SS3)C(=O)[C@H](CCCCN)NNC(=O)CCN3/C(=C/C=C/C=C/2)C(C)(C)c2c3ccc3ccccc23)c2ccc3ccccc3c21. The average Bonchev–Trinajstić information content (AvgIpc) is 3.93. The lowest BCUT2D eigenvalue weighted by Crippen LogP contribution is -2.53. The molecular weight excluding hydrogens is 761 g/mol. The Morgan fingerprint density at radius 3 is 2.22 bits per heavy atom. The zero-order valence-corrected chi connectivity index (χ0v) is 35.4.